The molecule has 9 aromatic rings. The van der Waals surface area contributed by atoms with Gasteiger partial charge in [-0.05, 0) is 157 Å². The highest BCUT2D eigenvalue weighted by Gasteiger charge is 2.17. The highest BCUT2D eigenvalue weighted by atomic mass is 32.2. The standard InChI is InChI=1S/C22H23NO2S2.C18H23NO2S.C17H21NO3S.C17H21NO2S/c1-16-21(23-22(25-16)18-9-12-20(26-2)13-10-18)15-27-14-19(24)11-8-17-6-4-3-5-7-17;1-4-6-16(20)11-22-12-17-13(3)21-18(19-17)15-9-7-14(5-2)8-10-15;1-4-5-14(19)10-22-11-16-12(2)21-17(18-16)13-6-8-15(20-3)9-7-13;1-4-5-15(19)10-21-11-16-13(3)20-17(18-16)14-8-6-12(2)7-9-14/h3-7,9-10,12-13H,8,11,14-15H2,1-2H3;7-10H,4-6,11-12H2,1-3H3;6-9H,4-5,10-11H2,1-3H3;6-9H,4-5,10-11H2,1-3H3. The molecule has 0 saturated heterocycles. The van der Waals surface area contributed by atoms with Crippen LogP contribution in [0.2, 0.25) is 0 Å². The molecule has 9 rings (SSSR count). The number of methoxy groups -OCH3 is 1. The fraction of sp³-hybridized carbons (Fsp3) is 0.378. The first-order valence-corrected chi connectivity index (χ1v) is 37.1. The lowest BCUT2D eigenvalue weighted by atomic mass is 10.1. The normalized spacial score (nSPS) is 10.8. The number of oxazole rings is 4. The molecule has 0 aliphatic carbocycles. The maximum atomic E-state index is 12.1. The molecule has 0 N–H and O–H groups in total. The SMILES string of the molecule is CCCC(=O)CSCc1nc(-c2ccc(C)cc2)oc1C.CCCC(=O)CSCc1nc(-c2ccc(CC)cc2)oc1C.CCCC(=O)CSCc1nc(-c2ccc(OC)cc2)oc1C.CSc1ccc(-c2nc(CSCC(=O)CCc3ccccc3)c(C)o2)cc1. The second-order valence-corrected chi connectivity index (χ2v) is 26.6. The first kappa shape index (κ1) is 74.2. The van der Waals surface area contributed by atoms with Crippen LogP contribution >= 0.6 is 58.8 Å². The number of hydrogen-bond acceptors (Lipinski definition) is 18. The second-order valence-electron chi connectivity index (χ2n) is 21.8. The van der Waals surface area contributed by atoms with E-state index in [-0.39, 0.29) is 5.78 Å². The molecule has 0 unspecified atom stereocenters. The molecule has 18 heteroatoms. The third kappa shape index (κ3) is 25.2. The zero-order valence-corrected chi connectivity index (χ0v) is 59.2. The summed E-state index contributed by atoms with van der Waals surface area (Å²) in [5.41, 5.74) is 11.3. The summed E-state index contributed by atoms with van der Waals surface area (Å²) < 4.78 is 28.2. The molecule has 0 spiro atoms. The molecule has 5 aromatic carbocycles. The summed E-state index contributed by atoms with van der Waals surface area (Å²) in [5.74, 6) is 12.8. The van der Waals surface area contributed by atoms with Gasteiger partial charge in [0, 0.05) is 75.8 Å². The molecule has 0 aliphatic rings. The van der Waals surface area contributed by atoms with Gasteiger partial charge < -0.3 is 22.4 Å². The fourth-order valence-electron chi connectivity index (χ4n) is 8.89. The number of ketones is 4. The maximum Gasteiger partial charge on any atom is 0.226 e. The Morgan fingerprint density at radius 1 is 0.402 bits per heavy atom. The number of benzene rings is 5. The molecule has 0 fully saturated rings. The molecule has 92 heavy (non-hydrogen) atoms. The molecule has 0 saturated carbocycles. The number of rotatable bonds is 32. The van der Waals surface area contributed by atoms with Gasteiger partial charge in [0.15, 0.2) is 0 Å². The molecule has 0 bridgehead atoms. The highest BCUT2D eigenvalue weighted by Crippen LogP contribution is 2.30. The predicted molar refractivity (Wildman–Crippen MR) is 383 cm³/mol. The minimum absolute atomic E-state index is 0.276. The summed E-state index contributed by atoms with van der Waals surface area (Å²) in [6, 6.07) is 42.4. The van der Waals surface area contributed by atoms with Crippen LogP contribution in [-0.4, -0.2) is 79.4 Å². The Morgan fingerprint density at radius 2 is 0.728 bits per heavy atom. The van der Waals surface area contributed by atoms with Gasteiger partial charge in [0.1, 0.15) is 51.9 Å². The van der Waals surface area contributed by atoms with Crippen LogP contribution in [0.3, 0.4) is 0 Å². The maximum absolute atomic E-state index is 12.1. The number of aryl methyl sites for hydroxylation is 7. The topological polar surface area (TPSA) is 182 Å². The zero-order valence-electron chi connectivity index (χ0n) is 55.1. The highest BCUT2D eigenvalue weighted by molar-refractivity contribution is 8.00. The van der Waals surface area contributed by atoms with Gasteiger partial charge in [-0.25, -0.2) is 19.9 Å². The Bertz CT molecular complexity index is 3560. The van der Waals surface area contributed by atoms with Crippen LogP contribution in [0.15, 0.2) is 150 Å². The van der Waals surface area contributed by atoms with E-state index in [0.717, 1.165) is 117 Å². The van der Waals surface area contributed by atoms with Crippen molar-refractivity contribution in [3.05, 3.63) is 190 Å². The number of thioether (sulfide) groups is 5. The molecule has 0 aliphatic heterocycles. The van der Waals surface area contributed by atoms with E-state index in [1.165, 1.54) is 21.6 Å². The van der Waals surface area contributed by atoms with Gasteiger partial charge in [-0.15, -0.1) is 58.8 Å². The molecular weight excluding hydrogens is 1250 g/mol. The van der Waals surface area contributed by atoms with Crippen LogP contribution in [0.4, 0.5) is 0 Å². The van der Waals surface area contributed by atoms with E-state index in [4.69, 9.17) is 22.4 Å². The van der Waals surface area contributed by atoms with Crippen molar-refractivity contribution in [3.63, 3.8) is 0 Å². The molecule has 488 valence electrons. The number of ether oxygens (including phenoxy) is 1. The number of nitrogens with zero attached hydrogens (tertiary/aromatic N) is 4. The summed E-state index contributed by atoms with van der Waals surface area (Å²) in [5, 5.41) is 0. The molecular formula is C74H88N4O9S5. The Labute approximate surface area is 565 Å². The van der Waals surface area contributed by atoms with Crippen LogP contribution in [0, 0.1) is 34.6 Å². The average Bonchev–Trinajstić information content (AvgIpc) is 2.58. The zero-order chi connectivity index (χ0) is 66.2. The van der Waals surface area contributed by atoms with E-state index in [0.29, 0.717) is 101 Å². The van der Waals surface area contributed by atoms with E-state index in [1.807, 2.05) is 139 Å². The van der Waals surface area contributed by atoms with Crippen LogP contribution in [0.1, 0.15) is 135 Å². The minimum Gasteiger partial charge on any atom is -0.497 e. The quantitative estimate of drug-likeness (QED) is 0.0363. The van der Waals surface area contributed by atoms with Gasteiger partial charge in [-0.3, -0.25) is 19.2 Å². The second kappa shape index (κ2) is 40.3. The van der Waals surface area contributed by atoms with Gasteiger partial charge in [0.05, 0.1) is 52.9 Å². The minimum atomic E-state index is 0.276. The average molecular weight is 1340 g/mol. The number of carbonyl (C=O) groups excluding carboxylic acids is 4. The summed E-state index contributed by atoms with van der Waals surface area (Å²) in [7, 11) is 1.64. The van der Waals surface area contributed by atoms with E-state index >= 15 is 0 Å². The summed E-state index contributed by atoms with van der Waals surface area (Å²) >= 11 is 8.12. The fourth-order valence-corrected chi connectivity index (χ4v) is 13.0. The summed E-state index contributed by atoms with van der Waals surface area (Å²) in [6.07, 6.45) is 9.20. The Balaban J connectivity index is 0.000000196. The number of aromatic nitrogens is 4. The number of carbonyl (C=O) groups is 4. The lowest BCUT2D eigenvalue weighted by Crippen LogP contribution is -2.03. The molecule has 0 radical (unpaired) electrons. The van der Waals surface area contributed by atoms with Gasteiger partial charge in [0.2, 0.25) is 23.6 Å². The summed E-state index contributed by atoms with van der Waals surface area (Å²) in [4.78, 5) is 66.2. The molecule has 13 nitrogen and oxygen atoms in total. The van der Waals surface area contributed by atoms with Gasteiger partial charge >= 0.3 is 0 Å². The van der Waals surface area contributed by atoms with E-state index < -0.39 is 0 Å². The molecule has 4 heterocycles. The number of hydrogen-bond donors (Lipinski definition) is 0. The van der Waals surface area contributed by atoms with Gasteiger partial charge in [-0.2, -0.15) is 0 Å². The Kier molecular flexibility index (Phi) is 32.5. The summed E-state index contributed by atoms with van der Waals surface area (Å²) in [6.45, 7) is 18.0. The van der Waals surface area contributed by atoms with E-state index in [2.05, 4.69) is 76.4 Å². The first-order valence-electron chi connectivity index (χ1n) is 31.2. The van der Waals surface area contributed by atoms with Crippen LogP contribution in [-0.2, 0) is 55.0 Å². The van der Waals surface area contributed by atoms with E-state index in [9.17, 15) is 19.2 Å². The van der Waals surface area contributed by atoms with Crippen molar-refractivity contribution in [3.8, 4) is 51.6 Å². The largest absolute Gasteiger partial charge is 0.497 e. The smallest absolute Gasteiger partial charge is 0.226 e. The molecule has 4 aromatic heterocycles. The third-order valence-corrected chi connectivity index (χ3v) is 19.0. The van der Waals surface area contributed by atoms with Crippen molar-refractivity contribution in [1.29, 1.82) is 0 Å². The lowest BCUT2D eigenvalue weighted by molar-refractivity contribution is -0.117. The Hall–Kier alpha value is -6.83. The lowest BCUT2D eigenvalue weighted by Gasteiger charge is -2.01. The van der Waals surface area contributed by atoms with Gasteiger partial charge in [-0.1, -0.05) is 87.9 Å². The van der Waals surface area contributed by atoms with E-state index in [1.54, 1.807) is 65.9 Å². The van der Waals surface area contributed by atoms with Crippen molar-refractivity contribution in [1.82, 2.24) is 19.9 Å². The van der Waals surface area contributed by atoms with Gasteiger partial charge in [0.25, 0.3) is 0 Å². The van der Waals surface area contributed by atoms with Crippen molar-refractivity contribution in [2.24, 2.45) is 0 Å². The van der Waals surface area contributed by atoms with Crippen LogP contribution in [0.25, 0.3) is 45.8 Å². The van der Waals surface area contributed by atoms with Crippen molar-refractivity contribution >= 4 is 81.9 Å². The monoisotopic (exact) mass is 1340 g/mol. The third-order valence-electron chi connectivity index (χ3n) is 14.3. The first-order chi connectivity index (χ1) is 44.5. The van der Waals surface area contributed by atoms with Crippen molar-refractivity contribution in [2.45, 2.75) is 148 Å². The van der Waals surface area contributed by atoms with Crippen molar-refractivity contribution in [2.75, 3.05) is 36.4 Å². The number of Topliss-reactive ketones (excluding diaryl/α,β-unsaturated/α-hetero) is 4. The van der Waals surface area contributed by atoms with Crippen LogP contribution < -0.4 is 4.74 Å². The molecule has 0 amide bonds. The molecule has 0 atom stereocenters. The Morgan fingerprint density at radius 3 is 1.05 bits per heavy atom. The predicted octanol–water partition coefficient (Wildman–Crippen LogP) is 19.4. The van der Waals surface area contributed by atoms with Crippen molar-refractivity contribution < 1.29 is 41.6 Å². The van der Waals surface area contributed by atoms with Crippen LogP contribution in [0.5, 0.6) is 5.75 Å².